The largest absolute Gasteiger partial charge is 0.303 e. The Morgan fingerprint density at radius 1 is 1.67 bits per heavy atom. The van der Waals surface area contributed by atoms with E-state index >= 15 is 0 Å². The quantitative estimate of drug-likeness (QED) is 0.702. The Morgan fingerprint density at radius 2 is 2.42 bits per heavy atom. The summed E-state index contributed by atoms with van der Waals surface area (Å²) in [5.41, 5.74) is 1.19. The molecule has 0 amide bonds. The van der Waals surface area contributed by atoms with Crippen LogP contribution < -0.4 is 5.56 Å². The second kappa shape index (κ2) is 2.54. The highest BCUT2D eigenvalue weighted by molar-refractivity contribution is 14.1. The Bertz CT molecular complexity index is 486. The highest BCUT2D eigenvalue weighted by atomic mass is 127. The number of rotatable bonds is 0. The minimum atomic E-state index is -0.174. The molecule has 12 heavy (non-hydrogen) atoms. The lowest BCUT2D eigenvalue weighted by Gasteiger charge is -1.92. The normalized spacial score (nSPS) is 10.8. The third-order valence-corrected chi connectivity index (χ3v) is 2.29. The molecule has 0 atom stereocenters. The summed E-state index contributed by atoms with van der Waals surface area (Å²) in [7, 11) is 1.76. The maximum Gasteiger partial charge on any atom is 0.281 e. The number of nitrogens with zero attached hydrogens (tertiary/aromatic N) is 3. The maximum absolute atomic E-state index is 11.1. The molecule has 62 valence electrons. The fourth-order valence-electron chi connectivity index (χ4n) is 0.968. The van der Waals surface area contributed by atoms with Crippen molar-refractivity contribution in [2.24, 2.45) is 7.05 Å². The topological polar surface area (TPSA) is 63.6 Å². The monoisotopic (exact) mass is 276 g/mol. The van der Waals surface area contributed by atoms with Crippen molar-refractivity contribution in [3.8, 4) is 0 Å². The molecule has 0 saturated carbocycles. The van der Waals surface area contributed by atoms with Gasteiger partial charge in [0, 0.05) is 7.05 Å². The molecule has 0 unspecified atom stereocenters. The number of halogens is 1. The van der Waals surface area contributed by atoms with E-state index in [1.807, 2.05) is 22.6 Å². The summed E-state index contributed by atoms with van der Waals surface area (Å²) < 4.78 is 2.02. The summed E-state index contributed by atoms with van der Waals surface area (Å²) in [5, 5.41) is 3.96. The third-order valence-electron chi connectivity index (χ3n) is 1.56. The van der Waals surface area contributed by atoms with Crippen molar-refractivity contribution in [1.29, 1.82) is 0 Å². The molecule has 5 nitrogen and oxygen atoms in total. The molecule has 0 saturated heterocycles. The van der Waals surface area contributed by atoms with Crippen LogP contribution >= 0.6 is 22.6 Å². The molecule has 0 spiro atoms. The summed E-state index contributed by atoms with van der Waals surface area (Å²) in [6.45, 7) is 0. The molecule has 2 aromatic heterocycles. The van der Waals surface area contributed by atoms with Crippen molar-refractivity contribution in [2.45, 2.75) is 0 Å². The average molecular weight is 276 g/mol. The smallest absolute Gasteiger partial charge is 0.281 e. The maximum atomic E-state index is 11.1. The molecule has 2 heterocycles. The summed E-state index contributed by atoms with van der Waals surface area (Å²) in [5.74, 6) is 0. The van der Waals surface area contributed by atoms with Crippen LogP contribution in [-0.4, -0.2) is 19.7 Å². The number of aryl methyl sites for hydroxylation is 1. The third kappa shape index (κ3) is 1.02. The molecule has 1 N–H and O–H groups in total. The van der Waals surface area contributed by atoms with Crippen LogP contribution in [0, 0.1) is 3.70 Å². The highest BCUT2D eigenvalue weighted by Gasteiger charge is 2.04. The van der Waals surface area contributed by atoms with E-state index < -0.39 is 0 Å². The molecule has 0 radical (unpaired) electrons. The summed E-state index contributed by atoms with van der Waals surface area (Å²) >= 11 is 1.89. The van der Waals surface area contributed by atoms with Gasteiger partial charge in [0.2, 0.25) is 0 Å². The minimum Gasteiger partial charge on any atom is -0.303 e. The Kier molecular flexibility index (Phi) is 1.63. The predicted octanol–water partition coefficient (Wildman–Crippen LogP) is 0.261. The zero-order valence-electron chi connectivity index (χ0n) is 6.21. The van der Waals surface area contributed by atoms with E-state index in [0.29, 0.717) is 14.9 Å². The molecular formula is C6H5IN4O. The average Bonchev–Trinajstić information content (AvgIpc) is 2.35. The first-order chi connectivity index (χ1) is 5.68. The van der Waals surface area contributed by atoms with Crippen LogP contribution in [0.3, 0.4) is 0 Å². The summed E-state index contributed by atoms with van der Waals surface area (Å²) in [6, 6.07) is 0. The predicted molar refractivity (Wildman–Crippen MR) is 51.8 cm³/mol. The molecule has 0 bridgehead atoms. The van der Waals surface area contributed by atoms with Gasteiger partial charge in [-0.05, 0) is 22.6 Å². The Labute approximate surface area is 80.9 Å². The first kappa shape index (κ1) is 7.71. The Morgan fingerprint density at radius 3 is 3.17 bits per heavy atom. The first-order valence-electron chi connectivity index (χ1n) is 3.26. The van der Waals surface area contributed by atoms with Gasteiger partial charge < -0.3 is 4.98 Å². The summed E-state index contributed by atoms with van der Waals surface area (Å²) in [6.07, 6.45) is 1.62. The molecule has 6 heteroatoms. The number of H-pyrrole nitrogens is 1. The van der Waals surface area contributed by atoms with Crippen molar-refractivity contribution >= 4 is 33.8 Å². The van der Waals surface area contributed by atoms with Crippen LogP contribution in [0.1, 0.15) is 0 Å². The number of hydrogen-bond donors (Lipinski definition) is 1. The molecule has 2 aromatic rings. The van der Waals surface area contributed by atoms with Crippen molar-refractivity contribution in [3.05, 3.63) is 20.3 Å². The lowest BCUT2D eigenvalue weighted by Crippen LogP contribution is -2.12. The van der Waals surface area contributed by atoms with Gasteiger partial charge in [-0.15, -0.1) is 0 Å². The molecule has 0 aromatic carbocycles. The minimum absolute atomic E-state index is 0.174. The van der Waals surface area contributed by atoms with Crippen LogP contribution in [0.5, 0.6) is 0 Å². The van der Waals surface area contributed by atoms with E-state index in [0.717, 1.165) is 0 Å². The number of fused-ring (bicyclic) bond motifs is 1. The van der Waals surface area contributed by atoms with Gasteiger partial charge in [0.15, 0.2) is 9.35 Å². The van der Waals surface area contributed by atoms with Gasteiger partial charge in [-0.25, -0.2) is 4.98 Å². The SMILES string of the molecule is Cn1ncc2nc(I)c(=O)[nH]c21. The summed E-state index contributed by atoms with van der Waals surface area (Å²) in [4.78, 5) is 17.9. The van der Waals surface area contributed by atoms with Gasteiger partial charge in [-0.2, -0.15) is 5.10 Å². The van der Waals surface area contributed by atoms with Gasteiger partial charge in [0.25, 0.3) is 5.56 Å². The van der Waals surface area contributed by atoms with Gasteiger partial charge >= 0.3 is 0 Å². The van der Waals surface area contributed by atoms with Crippen LogP contribution in [0.15, 0.2) is 11.0 Å². The molecule has 0 aliphatic rings. The van der Waals surface area contributed by atoms with E-state index in [1.165, 1.54) is 0 Å². The second-order valence-electron chi connectivity index (χ2n) is 2.36. The van der Waals surface area contributed by atoms with E-state index in [9.17, 15) is 4.79 Å². The molecule has 0 fully saturated rings. The molecular weight excluding hydrogens is 271 g/mol. The molecule has 0 aliphatic carbocycles. The first-order valence-corrected chi connectivity index (χ1v) is 4.34. The van der Waals surface area contributed by atoms with Gasteiger partial charge in [-0.1, -0.05) is 0 Å². The van der Waals surface area contributed by atoms with Gasteiger partial charge in [0.1, 0.15) is 5.52 Å². The number of aromatic amines is 1. The van der Waals surface area contributed by atoms with Crippen LogP contribution in [-0.2, 0) is 7.05 Å². The van der Waals surface area contributed by atoms with Crippen molar-refractivity contribution in [1.82, 2.24) is 19.7 Å². The zero-order chi connectivity index (χ0) is 8.72. The van der Waals surface area contributed by atoms with E-state index in [1.54, 1.807) is 17.9 Å². The standard InChI is InChI=1S/C6H5IN4O/c1-11-5-3(2-8-11)9-4(7)6(12)10-5/h2H,1H3,(H,10,12). The lowest BCUT2D eigenvalue weighted by atomic mass is 10.5. The fraction of sp³-hybridized carbons (Fsp3) is 0.167. The lowest BCUT2D eigenvalue weighted by molar-refractivity contribution is 0.784. The van der Waals surface area contributed by atoms with E-state index in [2.05, 4.69) is 15.1 Å². The van der Waals surface area contributed by atoms with Gasteiger partial charge in [0.05, 0.1) is 6.20 Å². The van der Waals surface area contributed by atoms with Crippen LogP contribution in [0.4, 0.5) is 0 Å². The number of hydrogen-bond acceptors (Lipinski definition) is 3. The molecule has 0 aliphatic heterocycles. The second-order valence-corrected chi connectivity index (χ2v) is 3.38. The van der Waals surface area contributed by atoms with E-state index in [-0.39, 0.29) is 5.56 Å². The van der Waals surface area contributed by atoms with Crippen molar-refractivity contribution < 1.29 is 0 Å². The zero-order valence-corrected chi connectivity index (χ0v) is 8.36. The van der Waals surface area contributed by atoms with Crippen molar-refractivity contribution in [3.63, 3.8) is 0 Å². The molecule has 2 rings (SSSR count). The van der Waals surface area contributed by atoms with Gasteiger partial charge in [-0.3, -0.25) is 9.48 Å². The van der Waals surface area contributed by atoms with Crippen LogP contribution in [0.25, 0.3) is 11.2 Å². The number of nitrogens with one attached hydrogen (secondary N) is 1. The Hall–Kier alpha value is -0.920. The highest BCUT2D eigenvalue weighted by Crippen LogP contribution is 2.04. The van der Waals surface area contributed by atoms with Crippen LogP contribution in [0.2, 0.25) is 0 Å². The number of aromatic nitrogens is 4. The van der Waals surface area contributed by atoms with E-state index in [4.69, 9.17) is 0 Å². The fourth-order valence-corrected chi connectivity index (χ4v) is 1.36. The Balaban J connectivity index is 2.97. The van der Waals surface area contributed by atoms with Crippen molar-refractivity contribution in [2.75, 3.05) is 0 Å².